The third-order valence-corrected chi connectivity index (χ3v) is 5.67. The normalized spacial score (nSPS) is 22.0. The monoisotopic (exact) mass is 358 g/mol. The summed E-state index contributed by atoms with van der Waals surface area (Å²) in [6, 6.07) is 7.60. The molecule has 1 aromatic carbocycles. The number of para-hydroxylation sites is 1. The van der Waals surface area contributed by atoms with Gasteiger partial charge in [-0.25, -0.2) is 0 Å². The molecule has 2 aliphatic rings. The Morgan fingerprint density at radius 2 is 1.81 bits per heavy atom. The van der Waals surface area contributed by atoms with Gasteiger partial charge < -0.3 is 15.0 Å². The van der Waals surface area contributed by atoms with Crippen LogP contribution >= 0.6 is 0 Å². The van der Waals surface area contributed by atoms with Crippen molar-refractivity contribution in [3.05, 3.63) is 29.8 Å². The highest BCUT2D eigenvalue weighted by Crippen LogP contribution is 2.29. The Morgan fingerprint density at radius 3 is 2.54 bits per heavy atom. The molecule has 0 spiro atoms. The Balaban J connectivity index is 1.64. The molecule has 0 aromatic heterocycles. The fourth-order valence-electron chi connectivity index (χ4n) is 4.28. The maximum absolute atomic E-state index is 12.8. The molecule has 26 heavy (non-hydrogen) atoms. The SMILES string of the molecule is COc1ccccc1CNC(=O)[C@H]1CCC(=O)N1C1CCCCCCC1. The Bertz CT molecular complexity index is 623. The van der Waals surface area contributed by atoms with E-state index in [1.165, 1.54) is 19.3 Å². The number of nitrogens with zero attached hydrogens (tertiary/aromatic N) is 1. The second-order valence-electron chi connectivity index (χ2n) is 7.38. The van der Waals surface area contributed by atoms with Gasteiger partial charge in [0, 0.05) is 24.6 Å². The standard InChI is InChI=1S/C21H30N2O3/c1-26-19-12-8-7-9-16(19)15-22-21(25)18-13-14-20(24)23(18)17-10-5-3-2-4-6-11-17/h7-9,12,17-18H,2-6,10-11,13-15H2,1H3,(H,22,25)/t18-/m1/s1. The van der Waals surface area contributed by atoms with Crippen LogP contribution in [0.1, 0.15) is 63.4 Å². The summed E-state index contributed by atoms with van der Waals surface area (Å²) in [5.41, 5.74) is 0.949. The van der Waals surface area contributed by atoms with Gasteiger partial charge in [-0.15, -0.1) is 0 Å². The predicted molar refractivity (Wildman–Crippen MR) is 101 cm³/mol. The minimum atomic E-state index is -0.318. The molecule has 1 saturated carbocycles. The number of rotatable bonds is 5. The molecule has 2 fully saturated rings. The third-order valence-electron chi connectivity index (χ3n) is 5.67. The zero-order valence-electron chi connectivity index (χ0n) is 15.7. The summed E-state index contributed by atoms with van der Waals surface area (Å²) in [6.07, 6.45) is 9.27. The first-order valence-corrected chi connectivity index (χ1v) is 9.91. The van der Waals surface area contributed by atoms with E-state index < -0.39 is 0 Å². The molecule has 0 radical (unpaired) electrons. The average molecular weight is 358 g/mol. The molecule has 1 atom stereocenters. The van der Waals surface area contributed by atoms with E-state index in [2.05, 4.69) is 5.32 Å². The summed E-state index contributed by atoms with van der Waals surface area (Å²) in [5, 5.41) is 3.02. The van der Waals surface area contributed by atoms with Crippen molar-refractivity contribution in [2.45, 2.75) is 76.4 Å². The van der Waals surface area contributed by atoms with Gasteiger partial charge in [0.25, 0.3) is 0 Å². The number of carbonyl (C=O) groups is 2. The van der Waals surface area contributed by atoms with E-state index >= 15 is 0 Å². The Morgan fingerprint density at radius 1 is 1.12 bits per heavy atom. The van der Waals surface area contributed by atoms with Crippen LogP contribution in [0.5, 0.6) is 5.75 Å². The zero-order chi connectivity index (χ0) is 18.4. The average Bonchev–Trinajstić information content (AvgIpc) is 3.01. The Hall–Kier alpha value is -2.04. The molecule has 0 unspecified atom stereocenters. The van der Waals surface area contributed by atoms with Crippen molar-refractivity contribution in [1.29, 1.82) is 0 Å². The van der Waals surface area contributed by atoms with Gasteiger partial charge in [-0.1, -0.05) is 50.3 Å². The number of carbonyl (C=O) groups excluding carboxylic acids is 2. The van der Waals surface area contributed by atoms with Crippen molar-refractivity contribution in [3.63, 3.8) is 0 Å². The topological polar surface area (TPSA) is 58.6 Å². The van der Waals surface area contributed by atoms with Crippen molar-refractivity contribution in [1.82, 2.24) is 10.2 Å². The van der Waals surface area contributed by atoms with Crippen molar-refractivity contribution in [2.75, 3.05) is 7.11 Å². The molecule has 5 nitrogen and oxygen atoms in total. The van der Waals surface area contributed by atoms with Gasteiger partial charge in [0.1, 0.15) is 11.8 Å². The van der Waals surface area contributed by atoms with E-state index in [4.69, 9.17) is 4.74 Å². The fourth-order valence-corrected chi connectivity index (χ4v) is 4.28. The second-order valence-corrected chi connectivity index (χ2v) is 7.38. The largest absolute Gasteiger partial charge is 0.496 e. The second kappa shape index (κ2) is 9.06. The molecule has 1 N–H and O–H groups in total. The van der Waals surface area contributed by atoms with Crippen LogP contribution < -0.4 is 10.1 Å². The van der Waals surface area contributed by atoms with E-state index in [0.29, 0.717) is 19.4 Å². The maximum Gasteiger partial charge on any atom is 0.243 e. The van der Waals surface area contributed by atoms with Crippen molar-refractivity contribution >= 4 is 11.8 Å². The summed E-state index contributed by atoms with van der Waals surface area (Å²) in [4.78, 5) is 27.2. The highest BCUT2D eigenvalue weighted by Gasteiger charge is 2.39. The Labute approximate surface area is 156 Å². The van der Waals surface area contributed by atoms with Crippen LogP contribution in [0.2, 0.25) is 0 Å². The molecule has 1 heterocycles. The minimum Gasteiger partial charge on any atom is -0.496 e. The maximum atomic E-state index is 12.8. The minimum absolute atomic E-state index is 0.0381. The van der Waals surface area contributed by atoms with Crippen molar-refractivity contribution in [2.24, 2.45) is 0 Å². The lowest BCUT2D eigenvalue weighted by molar-refractivity contribution is -0.138. The number of hydrogen-bond donors (Lipinski definition) is 1. The smallest absolute Gasteiger partial charge is 0.243 e. The Kier molecular flexibility index (Phi) is 6.53. The lowest BCUT2D eigenvalue weighted by Gasteiger charge is -2.34. The van der Waals surface area contributed by atoms with Gasteiger partial charge in [-0.2, -0.15) is 0 Å². The van der Waals surface area contributed by atoms with E-state index in [1.54, 1.807) is 7.11 Å². The van der Waals surface area contributed by atoms with Gasteiger partial charge in [-0.3, -0.25) is 9.59 Å². The number of methoxy groups -OCH3 is 1. The quantitative estimate of drug-likeness (QED) is 0.877. The number of ether oxygens (including phenoxy) is 1. The van der Waals surface area contributed by atoms with Crippen LogP contribution in [0.4, 0.5) is 0 Å². The van der Waals surface area contributed by atoms with E-state index in [1.807, 2.05) is 29.2 Å². The van der Waals surface area contributed by atoms with Crippen LogP contribution in [-0.2, 0) is 16.1 Å². The lowest BCUT2D eigenvalue weighted by atomic mass is 9.95. The molecule has 2 amide bonds. The summed E-state index contributed by atoms with van der Waals surface area (Å²) in [5.74, 6) is 0.879. The van der Waals surface area contributed by atoms with Gasteiger partial charge >= 0.3 is 0 Å². The highest BCUT2D eigenvalue weighted by atomic mass is 16.5. The molecule has 1 aromatic rings. The first-order valence-electron chi connectivity index (χ1n) is 9.91. The highest BCUT2D eigenvalue weighted by molar-refractivity contribution is 5.91. The number of likely N-dealkylation sites (tertiary alicyclic amines) is 1. The van der Waals surface area contributed by atoms with Crippen LogP contribution in [0.3, 0.4) is 0 Å². The molecule has 5 heteroatoms. The van der Waals surface area contributed by atoms with Crippen LogP contribution in [0.15, 0.2) is 24.3 Å². The zero-order valence-corrected chi connectivity index (χ0v) is 15.7. The lowest BCUT2D eigenvalue weighted by Crippen LogP contribution is -2.49. The molecular formula is C21H30N2O3. The molecule has 1 aliphatic carbocycles. The number of amides is 2. The number of hydrogen-bond acceptors (Lipinski definition) is 3. The first kappa shape index (κ1) is 18.7. The van der Waals surface area contributed by atoms with E-state index in [9.17, 15) is 9.59 Å². The summed E-state index contributed by atoms with van der Waals surface area (Å²) >= 11 is 0. The number of benzene rings is 1. The van der Waals surface area contributed by atoms with Crippen molar-refractivity contribution in [3.8, 4) is 5.75 Å². The predicted octanol–water partition coefficient (Wildman–Crippen LogP) is 3.42. The molecule has 3 rings (SSSR count). The van der Waals surface area contributed by atoms with Gasteiger partial charge in [-0.05, 0) is 25.3 Å². The summed E-state index contributed by atoms with van der Waals surface area (Å²) in [6.45, 7) is 0.423. The molecule has 142 valence electrons. The van der Waals surface area contributed by atoms with E-state index in [0.717, 1.165) is 37.0 Å². The van der Waals surface area contributed by atoms with Crippen LogP contribution in [0, 0.1) is 0 Å². The third kappa shape index (κ3) is 4.37. The molecule has 0 bridgehead atoms. The van der Waals surface area contributed by atoms with E-state index in [-0.39, 0.29) is 23.9 Å². The first-order chi connectivity index (χ1) is 12.7. The van der Waals surface area contributed by atoms with Gasteiger partial charge in [0.2, 0.25) is 11.8 Å². The van der Waals surface area contributed by atoms with Crippen LogP contribution in [0.25, 0.3) is 0 Å². The van der Waals surface area contributed by atoms with Crippen molar-refractivity contribution < 1.29 is 14.3 Å². The number of nitrogens with one attached hydrogen (secondary N) is 1. The summed E-state index contributed by atoms with van der Waals surface area (Å²) in [7, 11) is 1.63. The van der Waals surface area contributed by atoms with Gasteiger partial charge in [0.05, 0.1) is 7.11 Å². The van der Waals surface area contributed by atoms with Crippen LogP contribution in [-0.4, -0.2) is 35.9 Å². The molecule has 1 saturated heterocycles. The molecule has 1 aliphatic heterocycles. The fraction of sp³-hybridized carbons (Fsp3) is 0.619. The van der Waals surface area contributed by atoms with Gasteiger partial charge in [0.15, 0.2) is 0 Å². The summed E-state index contributed by atoms with van der Waals surface area (Å²) < 4.78 is 5.35. The molecular weight excluding hydrogens is 328 g/mol.